The molecule has 1 rings (SSSR count). The van der Waals surface area contributed by atoms with Crippen LogP contribution in [-0.2, 0) is 0 Å². The van der Waals surface area contributed by atoms with Gasteiger partial charge in [0.2, 0.25) is 0 Å². The molecule has 0 aliphatic carbocycles. The average Bonchev–Trinajstić information content (AvgIpc) is 2.30. The van der Waals surface area contributed by atoms with Gasteiger partial charge in [-0.2, -0.15) is 0 Å². The molecule has 0 aromatic heterocycles. The van der Waals surface area contributed by atoms with Crippen LogP contribution in [0.25, 0.3) is 0 Å². The number of hydrogen-bond donors (Lipinski definition) is 1. The maximum Gasteiger partial charge on any atom is 0.00900 e. The maximum absolute atomic E-state index is 3.51. The Labute approximate surface area is 95.4 Å². The van der Waals surface area contributed by atoms with Crippen molar-refractivity contribution in [3.05, 3.63) is 0 Å². The Morgan fingerprint density at radius 2 is 2.00 bits per heavy atom. The molecule has 0 radical (unpaired) electrons. The van der Waals surface area contributed by atoms with Gasteiger partial charge < -0.3 is 10.2 Å². The summed E-state index contributed by atoms with van der Waals surface area (Å²) in [6.45, 7) is 11.9. The first-order chi connectivity index (χ1) is 7.31. The Balaban J connectivity index is 2.36. The molecule has 90 valence electrons. The highest BCUT2D eigenvalue weighted by molar-refractivity contribution is 4.76. The van der Waals surface area contributed by atoms with Crippen molar-refractivity contribution in [2.45, 2.75) is 52.5 Å². The van der Waals surface area contributed by atoms with Crippen molar-refractivity contribution in [2.75, 3.05) is 26.2 Å². The third-order valence-electron chi connectivity index (χ3n) is 3.76. The number of rotatable bonds is 6. The van der Waals surface area contributed by atoms with Crippen molar-refractivity contribution in [3.63, 3.8) is 0 Å². The number of piperidine rings is 1. The zero-order chi connectivity index (χ0) is 11.1. The van der Waals surface area contributed by atoms with E-state index in [-0.39, 0.29) is 0 Å². The van der Waals surface area contributed by atoms with E-state index < -0.39 is 0 Å². The Kier molecular flexibility index (Phi) is 6.26. The molecule has 1 N–H and O–H groups in total. The van der Waals surface area contributed by atoms with E-state index in [2.05, 4.69) is 31.0 Å². The molecule has 2 nitrogen and oxygen atoms in total. The van der Waals surface area contributed by atoms with Gasteiger partial charge in [-0.15, -0.1) is 0 Å². The first-order valence-electron chi connectivity index (χ1n) is 6.76. The molecular weight excluding hydrogens is 184 g/mol. The van der Waals surface area contributed by atoms with Crippen LogP contribution in [0.4, 0.5) is 0 Å². The molecule has 0 aromatic carbocycles. The van der Waals surface area contributed by atoms with Crippen LogP contribution in [0.15, 0.2) is 0 Å². The minimum Gasteiger partial charge on any atom is -0.316 e. The number of nitrogens with one attached hydrogen (secondary N) is 1. The minimum atomic E-state index is 0.803. The van der Waals surface area contributed by atoms with Crippen molar-refractivity contribution in [1.29, 1.82) is 0 Å². The normalized spacial score (nSPS) is 22.6. The van der Waals surface area contributed by atoms with Gasteiger partial charge in [-0.25, -0.2) is 0 Å². The molecule has 1 aliphatic rings. The standard InChI is InChI=1S/C13H28N2/c1-4-13(5-2)15(6-3)11-12-8-7-9-14-10-12/h12-14H,4-11H2,1-3H3. The summed E-state index contributed by atoms with van der Waals surface area (Å²) in [7, 11) is 0. The quantitative estimate of drug-likeness (QED) is 0.728. The summed E-state index contributed by atoms with van der Waals surface area (Å²) < 4.78 is 0. The van der Waals surface area contributed by atoms with Gasteiger partial charge in [0.15, 0.2) is 0 Å². The average molecular weight is 212 g/mol. The highest BCUT2D eigenvalue weighted by atomic mass is 15.2. The van der Waals surface area contributed by atoms with E-state index in [1.807, 2.05) is 0 Å². The zero-order valence-corrected chi connectivity index (χ0v) is 10.8. The van der Waals surface area contributed by atoms with Crippen molar-refractivity contribution in [1.82, 2.24) is 10.2 Å². The van der Waals surface area contributed by atoms with Crippen LogP contribution in [-0.4, -0.2) is 37.1 Å². The first kappa shape index (κ1) is 13.0. The van der Waals surface area contributed by atoms with Crippen LogP contribution in [0.5, 0.6) is 0 Å². The van der Waals surface area contributed by atoms with Gasteiger partial charge in [0.1, 0.15) is 0 Å². The third-order valence-corrected chi connectivity index (χ3v) is 3.76. The summed E-state index contributed by atoms with van der Waals surface area (Å²) in [6.07, 6.45) is 5.38. The van der Waals surface area contributed by atoms with Gasteiger partial charge in [-0.05, 0) is 51.2 Å². The zero-order valence-electron chi connectivity index (χ0n) is 10.8. The maximum atomic E-state index is 3.51. The lowest BCUT2D eigenvalue weighted by Crippen LogP contribution is -2.42. The lowest BCUT2D eigenvalue weighted by molar-refractivity contribution is 0.153. The lowest BCUT2D eigenvalue weighted by Gasteiger charge is -2.34. The molecule has 0 bridgehead atoms. The molecule has 1 heterocycles. The van der Waals surface area contributed by atoms with Crippen LogP contribution in [0.1, 0.15) is 46.5 Å². The smallest absolute Gasteiger partial charge is 0.00900 e. The van der Waals surface area contributed by atoms with Gasteiger partial charge in [-0.1, -0.05) is 20.8 Å². The van der Waals surface area contributed by atoms with E-state index in [1.165, 1.54) is 51.9 Å². The second-order valence-corrected chi connectivity index (χ2v) is 4.77. The summed E-state index contributed by atoms with van der Waals surface area (Å²) in [6, 6.07) is 0.803. The molecular formula is C13H28N2. The van der Waals surface area contributed by atoms with E-state index in [0.717, 1.165) is 12.0 Å². The minimum absolute atomic E-state index is 0.803. The Morgan fingerprint density at radius 3 is 2.47 bits per heavy atom. The van der Waals surface area contributed by atoms with Gasteiger partial charge in [-0.3, -0.25) is 0 Å². The fourth-order valence-corrected chi connectivity index (χ4v) is 2.75. The SMILES string of the molecule is CCC(CC)N(CC)CC1CCCNC1. The predicted octanol–water partition coefficient (Wildman–Crippen LogP) is 2.50. The van der Waals surface area contributed by atoms with E-state index in [9.17, 15) is 0 Å². The molecule has 1 fully saturated rings. The van der Waals surface area contributed by atoms with Crippen molar-refractivity contribution >= 4 is 0 Å². The van der Waals surface area contributed by atoms with E-state index >= 15 is 0 Å². The van der Waals surface area contributed by atoms with Crippen LogP contribution < -0.4 is 5.32 Å². The Bertz CT molecular complexity index is 149. The summed E-state index contributed by atoms with van der Waals surface area (Å²) in [5.41, 5.74) is 0. The first-order valence-corrected chi connectivity index (χ1v) is 6.76. The predicted molar refractivity (Wildman–Crippen MR) is 67.2 cm³/mol. The Morgan fingerprint density at radius 1 is 1.27 bits per heavy atom. The molecule has 1 atom stereocenters. The molecule has 0 aromatic rings. The summed E-state index contributed by atoms with van der Waals surface area (Å²) in [4.78, 5) is 2.68. The third kappa shape index (κ3) is 4.12. The van der Waals surface area contributed by atoms with Gasteiger partial charge in [0, 0.05) is 12.6 Å². The summed E-state index contributed by atoms with van der Waals surface area (Å²) >= 11 is 0. The summed E-state index contributed by atoms with van der Waals surface area (Å²) in [5, 5.41) is 3.51. The fourth-order valence-electron chi connectivity index (χ4n) is 2.75. The highest BCUT2D eigenvalue weighted by Gasteiger charge is 2.19. The van der Waals surface area contributed by atoms with Crippen molar-refractivity contribution < 1.29 is 0 Å². The second kappa shape index (κ2) is 7.24. The van der Waals surface area contributed by atoms with Crippen LogP contribution in [0.2, 0.25) is 0 Å². The van der Waals surface area contributed by atoms with Crippen LogP contribution in [0.3, 0.4) is 0 Å². The lowest BCUT2D eigenvalue weighted by atomic mass is 9.97. The van der Waals surface area contributed by atoms with Gasteiger partial charge in [0.25, 0.3) is 0 Å². The van der Waals surface area contributed by atoms with Crippen molar-refractivity contribution in [3.8, 4) is 0 Å². The molecule has 0 saturated carbocycles. The second-order valence-electron chi connectivity index (χ2n) is 4.77. The summed E-state index contributed by atoms with van der Waals surface area (Å²) in [5.74, 6) is 0.888. The molecule has 0 spiro atoms. The molecule has 1 unspecified atom stereocenters. The monoisotopic (exact) mass is 212 g/mol. The molecule has 15 heavy (non-hydrogen) atoms. The number of hydrogen-bond acceptors (Lipinski definition) is 2. The van der Waals surface area contributed by atoms with E-state index in [0.29, 0.717) is 0 Å². The Hall–Kier alpha value is -0.0800. The van der Waals surface area contributed by atoms with Crippen LogP contribution >= 0.6 is 0 Å². The largest absolute Gasteiger partial charge is 0.316 e. The number of nitrogens with zero attached hydrogens (tertiary/aromatic N) is 1. The van der Waals surface area contributed by atoms with E-state index in [1.54, 1.807) is 0 Å². The molecule has 0 amide bonds. The fraction of sp³-hybridized carbons (Fsp3) is 1.00. The highest BCUT2D eigenvalue weighted by Crippen LogP contribution is 2.16. The molecule has 2 heteroatoms. The molecule has 1 saturated heterocycles. The van der Waals surface area contributed by atoms with Gasteiger partial charge >= 0.3 is 0 Å². The van der Waals surface area contributed by atoms with Crippen LogP contribution in [0, 0.1) is 5.92 Å². The van der Waals surface area contributed by atoms with Gasteiger partial charge in [0.05, 0.1) is 0 Å². The van der Waals surface area contributed by atoms with E-state index in [4.69, 9.17) is 0 Å². The topological polar surface area (TPSA) is 15.3 Å². The molecule has 1 aliphatic heterocycles. The van der Waals surface area contributed by atoms with Crippen molar-refractivity contribution in [2.24, 2.45) is 5.92 Å².